The molecule has 4 heteroatoms. The standard InChI is InChI=1S/C9H8ClNO2/c1-5-8-7(13-11-5)4-3-6(10)9(8)12-2/h3-4H,1-2H3. The average Bonchev–Trinajstić information content (AvgIpc) is 2.49. The van der Waals surface area contributed by atoms with Gasteiger partial charge in [0.1, 0.15) is 5.75 Å². The van der Waals surface area contributed by atoms with Gasteiger partial charge in [0.15, 0.2) is 5.58 Å². The van der Waals surface area contributed by atoms with E-state index in [-0.39, 0.29) is 0 Å². The van der Waals surface area contributed by atoms with Crippen LogP contribution in [0.15, 0.2) is 16.7 Å². The molecule has 0 aliphatic carbocycles. The number of fused-ring (bicyclic) bond motifs is 1. The van der Waals surface area contributed by atoms with Gasteiger partial charge in [-0.15, -0.1) is 0 Å². The van der Waals surface area contributed by atoms with Crippen LogP contribution in [0.4, 0.5) is 0 Å². The molecule has 3 nitrogen and oxygen atoms in total. The van der Waals surface area contributed by atoms with Crippen LogP contribution in [-0.4, -0.2) is 12.3 Å². The van der Waals surface area contributed by atoms with Crippen LogP contribution in [0.2, 0.25) is 5.02 Å². The molecule has 2 rings (SSSR count). The summed E-state index contributed by atoms with van der Waals surface area (Å²) in [5, 5.41) is 5.25. The SMILES string of the molecule is COc1c(Cl)ccc2onc(C)c12. The molecular weight excluding hydrogens is 190 g/mol. The molecule has 0 amide bonds. The van der Waals surface area contributed by atoms with E-state index < -0.39 is 0 Å². The number of methoxy groups -OCH3 is 1. The fourth-order valence-electron chi connectivity index (χ4n) is 1.32. The maximum absolute atomic E-state index is 5.94. The second-order valence-electron chi connectivity index (χ2n) is 2.72. The molecule has 0 spiro atoms. The van der Waals surface area contributed by atoms with E-state index in [4.69, 9.17) is 20.9 Å². The normalized spacial score (nSPS) is 10.7. The molecule has 1 heterocycles. The van der Waals surface area contributed by atoms with Crippen molar-refractivity contribution in [2.75, 3.05) is 7.11 Å². The number of nitrogens with zero attached hydrogens (tertiary/aromatic N) is 1. The summed E-state index contributed by atoms with van der Waals surface area (Å²) in [7, 11) is 1.58. The van der Waals surface area contributed by atoms with Crippen molar-refractivity contribution < 1.29 is 9.26 Å². The first-order valence-corrected chi connectivity index (χ1v) is 4.20. The van der Waals surface area contributed by atoms with Gasteiger partial charge in [-0.25, -0.2) is 0 Å². The Bertz CT molecular complexity index is 450. The highest BCUT2D eigenvalue weighted by atomic mass is 35.5. The molecule has 0 radical (unpaired) electrons. The Kier molecular flexibility index (Phi) is 1.88. The fraction of sp³-hybridized carbons (Fsp3) is 0.222. The van der Waals surface area contributed by atoms with Gasteiger partial charge in [0.25, 0.3) is 0 Å². The lowest BCUT2D eigenvalue weighted by Gasteiger charge is -2.02. The first-order valence-electron chi connectivity index (χ1n) is 3.82. The van der Waals surface area contributed by atoms with Gasteiger partial charge in [-0.1, -0.05) is 16.8 Å². The maximum Gasteiger partial charge on any atom is 0.170 e. The minimum absolute atomic E-state index is 0.571. The molecule has 0 bridgehead atoms. The van der Waals surface area contributed by atoms with Crippen LogP contribution in [0.25, 0.3) is 11.0 Å². The second kappa shape index (κ2) is 2.92. The Morgan fingerprint density at radius 2 is 2.23 bits per heavy atom. The van der Waals surface area contributed by atoms with Gasteiger partial charge in [0, 0.05) is 0 Å². The molecule has 68 valence electrons. The monoisotopic (exact) mass is 197 g/mol. The molecule has 0 saturated carbocycles. The van der Waals surface area contributed by atoms with Gasteiger partial charge in [-0.05, 0) is 19.1 Å². The summed E-state index contributed by atoms with van der Waals surface area (Å²) < 4.78 is 10.2. The maximum atomic E-state index is 5.94. The minimum atomic E-state index is 0.571. The van der Waals surface area contributed by atoms with Gasteiger partial charge in [0.2, 0.25) is 0 Å². The van der Waals surface area contributed by atoms with Crippen molar-refractivity contribution in [3.8, 4) is 5.75 Å². The third kappa shape index (κ3) is 1.16. The highest BCUT2D eigenvalue weighted by Gasteiger charge is 2.12. The molecule has 1 aromatic heterocycles. The average molecular weight is 198 g/mol. The quantitative estimate of drug-likeness (QED) is 0.705. The smallest absolute Gasteiger partial charge is 0.170 e. The molecule has 13 heavy (non-hydrogen) atoms. The highest BCUT2D eigenvalue weighted by molar-refractivity contribution is 6.33. The molecule has 0 N–H and O–H groups in total. The zero-order valence-electron chi connectivity index (χ0n) is 7.30. The van der Waals surface area contributed by atoms with Crippen molar-refractivity contribution in [2.24, 2.45) is 0 Å². The van der Waals surface area contributed by atoms with Gasteiger partial charge < -0.3 is 9.26 Å². The Labute approximate surface area is 80.2 Å². The number of hydrogen-bond donors (Lipinski definition) is 0. The molecular formula is C9H8ClNO2. The molecule has 0 aliphatic rings. The van der Waals surface area contributed by atoms with Gasteiger partial charge in [-0.3, -0.25) is 0 Å². The predicted molar refractivity (Wildman–Crippen MR) is 50.3 cm³/mol. The van der Waals surface area contributed by atoms with Gasteiger partial charge in [-0.2, -0.15) is 0 Å². The van der Waals surface area contributed by atoms with E-state index in [1.807, 2.05) is 6.92 Å². The summed E-state index contributed by atoms with van der Waals surface area (Å²) in [6, 6.07) is 3.51. The number of halogens is 1. The number of rotatable bonds is 1. The van der Waals surface area contributed by atoms with Crippen molar-refractivity contribution in [3.05, 3.63) is 22.8 Å². The molecule has 2 aromatic rings. The van der Waals surface area contributed by atoms with Gasteiger partial charge >= 0.3 is 0 Å². The summed E-state index contributed by atoms with van der Waals surface area (Å²) in [5.41, 5.74) is 1.48. The van der Waals surface area contributed by atoms with Crippen molar-refractivity contribution in [2.45, 2.75) is 6.92 Å². The largest absolute Gasteiger partial charge is 0.494 e. The third-order valence-electron chi connectivity index (χ3n) is 1.92. The molecule has 0 saturated heterocycles. The van der Waals surface area contributed by atoms with Crippen LogP contribution in [0.1, 0.15) is 5.69 Å². The second-order valence-corrected chi connectivity index (χ2v) is 3.13. The molecule has 0 unspecified atom stereocenters. The Morgan fingerprint density at radius 1 is 1.46 bits per heavy atom. The van der Waals surface area contributed by atoms with Crippen LogP contribution in [0, 0.1) is 6.92 Å². The summed E-state index contributed by atoms with van der Waals surface area (Å²) in [6.45, 7) is 1.85. The lowest BCUT2D eigenvalue weighted by atomic mass is 10.2. The van der Waals surface area contributed by atoms with Crippen molar-refractivity contribution in [1.29, 1.82) is 0 Å². The van der Waals surface area contributed by atoms with E-state index in [0.717, 1.165) is 11.1 Å². The molecule has 1 aromatic carbocycles. The zero-order valence-corrected chi connectivity index (χ0v) is 8.05. The lowest BCUT2D eigenvalue weighted by Crippen LogP contribution is -1.85. The van der Waals surface area contributed by atoms with E-state index >= 15 is 0 Å². The van der Waals surface area contributed by atoms with Crippen LogP contribution >= 0.6 is 11.6 Å². The van der Waals surface area contributed by atoms with E-state index in [9.17, 15) is 0 Å². The van der Waals surface area contributed by atoms with Crippen LogP contribution in [0.3, 0.4) is 0 Å². The van der Waals surface area contributed by atoms with Crippen molar-refractivity contribution >= 4 is 22.6 Å². The highest BCUT2D eigenvalue weighted by Crippen LogP contribution is 2.34. The fourth-order valence-corrected chi connectivity index (χ4v) is 1.56. The zero-order chi connectivity index (χ0) is 9.42. The van der Waals surface area contributed by atoms with Crippen molar-refractivity contribution in [1.82, 2.24) is 5.16 Å². The first-order chi connectivity index (χ1) is 6.24. The van der Waals surface area contributed by atoms with E-state index in [0.29, 0.717) is 16.4 Å². The number of aryl methyl sites for hydroxylation is 1. The van der Waals surface area contributed by atoms with E-state index in [1.165, 1.54) is 0 Å². The molecule has 0 fully saturated rings. The van der Waals surface area contributed by atoms with Crippen molar-refractivity contribution in [3.63, 3.8) is 0 Å². The third-order valence-corrected chi connectivity index (χ3v) is 2.22. The molecule has 0 atom stereocenters. The van der Waals surface area contributed by atoms with Crippen LogP contribution in [-0.2, 0) is 0 Å². The first kappa shape index (κ1) is 8.38. The Balaban J connectivity index is 2.88. The van der Waals surface area contributed by atoms with E-state index in [1.54, 1.807) is 19.2 Å². The number of ether oxygens (including phenoxy) is 1. The number of aromatic nitrogens is 1. The number of hydrogen-bond acceptors (Lipinski definition) is 3. The van der Waals surface area contributed by atoms with Crippen LogP contribution in [0.5, 0.6) is 5.75 Å². The molecule has 0 aliphatic heterocycles. The van der Waals surface area contributed by atoms with Crippen LogP contribution < -0.4 is 4.74 Å². The summed E-state index contributed by atoms with van der Waals surface area (Å²) in [6.07, 6.45) is 0. The Morgan fingerprint density at radius 3 is 2.92 bits per heavy atom. The summed E-state index contributed by atoms with van der Waals surface area (Å²) in [4.78, 5) is 0. The Hall–Kier alpha value is -1.22. The number of benzene rings is 1. The minimum Gasteiger partial charge on any atom is -0.494 e. The van der Waals surface area contributed by atoms with E-state index in [2.05, 4.69) is 5.16 Å². The van der Waals surface area contributed by atoms with Gasteiger partial charge in [0.05, 0.1) is 23.2 Å². The lowest BCUT2D eigenvalue weighted by molar-refractivity contribution is 0.419. The topological polar surface area (TPSA) is 35.3 Å². The predicted octanol–water partition coefficient (Wildman–Crippen LogP) is 2.80. The summed E-state index contributed by atoms with van der Waals surface area (Å²) >= 11 is 5.94. The summed E-state index contributed by atoms with van der Waals surface area (Å²) in [5.74, 6) is 0.623.